The first-order valence-electron chi connectivity index (χ1n) is 13.1. The van der Waals surface area contributed by atoms with Crippen LogP contribution < -0.4 is 0 Å². The molecule has 198 valence electrons. The highest BCUT2D eigenvalue weighted by molar-refractivity contribution is 5.92. The van der Waals surface area contributed by atoms with Crippen molar-refractivity contribution in [2.75, 3.05) is 7.11 Å². The van der Waals surface area contributed by atoms with E-state index in [1.165, 1.54) is 6.92 Å². The molecule has 2 fully saturated rings. The molecule has 3 aliphatic carbocycles. The summed E-state index contributed by atoms with van der Waals surface area (Å²) in [5.41, 5.74) is 0.531. The average Bonchev–Trinajstić information content (AvgIpc) is 3.46. The van der Waals surface area contributed by atoms with Gasteiger partial charge in [0.25, 0.3) is 0 Å². The SMILES string of the molecule is C=C1O[C@H](C(C)=O)[C@H](C)/C=C(\C)[C@]23O[C@@H]4[C@H](C=C[C@@H]2C[C@@H]1OC)[C@H]3C(=O)[C@@H](C)[C@H]4OC(=O)C1=CC=CC1. The van der Waals surface area contributed by atoms with Crippen LogP contribution in [0.1, 0.15) is 40.5 Å². The Balaban J connectivity index is 1.58. The van der Waals surface area contributed by atoms with E-state index >= 15 is 0 Å². The van der Waals surface area contributed by atoms with Crippen LogP contribution in [0, 0.1) is 29.6 Å². The van der Waals surface area contributed by atoms with Crippen LogP contribution in [0.5, 0.6) is 0 Å². The molecule has 2 aliphatic heterocycles. The van der Waals surface area contributed by atoms with E-state index in [-0.39, 0.29) is 29.3 Å². The van der Waals surface area contributed by atoms with Crippen molar-refractivity contribution in [2.45, 2.75) is 70.6 Å². The summed E-state index contributed by atoms with van der Waals surface area (Å²) in [5, 5.41) is 0. The summed E-state index contributed by atoms with van der Waals surface area (Å²) >= 11 is 0. The third-order valence-electron chi connectivity index (χ3n) is 8.92. The lowest BCUT2D eigenvalue weighted by Crippen LogP contribution is -2.55. The van der Waals surface area contributed by atoms with Gasteiger partial charge < -0.3 is 18.9 Å². The fourth-order valence-electron chi connectivity index (χ4n) is 7.07. The van der Waals surface area contributed by atoms with E-state index in [0.717, 1.165) is 5.57 Å². The molecule has 1 saturated heterocycles. The summed E-state index contributed by atoms with van der Waals surface area (Å²) < 4.78 is 24.7. The van der Waals surface area contributed by atoms with E-state index in [1.54, 1.807) is 13.2 Å². The lowest BCUT2D eigenvalue weighted by Gasteiger charge is -2.46. The number of rotatable bonds is 4. The van der Waals surface area contributed by atoms with E-state index in [2.05, 4.69) is 18.7 Å². The van der Waals surface area contributed by atoms with Crippen molar-refractivity contribution in [3.8, 4) is 0 Å². The Hall–Kier alpha value is -2.77. The predicted molar refractivity (Wildman–Crippen MR) is 136 cm³/mol. The van der Waals surface area contributed by atoms with Crippen LogP contribution >= 0.6 is 0 Å². The van der Waals surface area contributed by atoms with Gasteiger partial charge in [0.15, 0.2) is 11.9 Å². The Labute approximate surface area is 218 Å². The molecule has 0 aromatic carbocycles. The third-order valence-corrected chi connectivity index (χ3v) is 8.92. The number of carbonyl (C=O) groups excluding carboxylic acids is 3. The molecule has 1 spiro atoms. The van der Waals surface area contributed by atoms with Crippen molar-refractivity contribution in [1.29, 1.82) is 0 Å². The number of hydrogen-bond donors (Lipinski definition) is 0. The number of ether oxygens (including phenoxy) is 4. The van der Waals surface area contributed by atoms with Gasteiger partial charge in [0.2, 0.25) is 0 Å². The maximum Gasteiger partial charge on any atom is 0.334 e. The molecule has 0 N–H and O–H groups in total. The zero-order chi connectivity index (χ0) is 26.6. The molecule has 10 atom stereocenters. The molecule has 0 amide bonds. The standard InChI is InChI=1S/C30H36O7/c1-15-13-16(2)30-21(14-23(34-6)19(5)35-26(15)18(4)31)11-12-22-24(30)25(32)17(3)27(28(22)37-30)36-29(33)20-9-7-8-10-20/h7-9,11-13,15,17,21-24,26-28H,5,10,14H2,1-4,6H3/b16-13+/t15-,17-,21-,22-,23+,24+,26+,27-,28-,30+/m1/s1. The molecule has 5 rings (SSSR count). The minimum Gasteiger partial charge on any atom is -0.484 e. The summed E-state index contributed by atoms with van der Waals surface area (Å²) in [6, 6.07) is 0. The Morgan fingerprint density at radius 3 is 2.62 bits per heavy atom. The van der Waals surface area contributed by atoms with E-state index in [1.807, 2.05) is 39.0 Å². The molecule has 2 heterocycles. The first-order chi connectivity index (χ1) is 17.6. The number of Topliss-reactive ketones (excluding diaryl/α,β-unsaturated/α-hetero) is 2. The van der Waals surface area contributed by atoms with Crippen LogP contribution in [0.3, 0.4) is 0 Å². The molecule has 1 saturated carbocycles. The molecule has 5 aliphatic rings. The fourth-order valence-corrected chi connectivity index (χ4v) is 7.07. The fraction of sp³-hybridized carbons (Fsp3) is 0.567. The summed E-state index contributed by atoms with van der Waals surface area (Å²) in [4.78, 5) is 39.5. The highest BCUT2D eigenvalue weighted by Gasteiger charge is 2.69. The van der Waals surface area contributed by atoms with E-state index in [4.69, 9.17) is 18.9 Å². The van der Waals surface area contributed by atoms with E-state index in [9.17, 15) is 14.4 Å². The van der Waals surface area contributed by atoms with Crippen molar-refractivity contribution in [3.63, 3.8) is 0 Å². The van der Waals surface area contributed by atoms with Crippen LogP contribution in [-0.4, -0.2) is 54.7 Å². The minimum absolute atomic E-state index is 0.0362. The lowest BCUT2D eigenvalue weighted by molar-refractivity contribution is -0.163. The average molecular weight is 509 g/mol. The number of allylic oxidation sites excluding steroid dienone is 3. The Kier molecular flexibility index (Phi) is 6.65. The second kappa shape index (κ2) is 9.52. The van der Waals surface area contributed by atoms with Gasteiger partial charge in [-0.15, -0.1) is 0 Å². The van der Waals surface area contributed by atoms with Crippen molar-refractivity contribution in [2.24, 2.45) is 29.6 Å². The number of esters is 1. The smallest absolute Gasteiger partial charge is 0.334 e. The first-order valence-corrected chi connectivity index (χ1v) is 13.1. The van der Waals surface area contributed by atoms with Crippen LogP contribution in [0.25, 0.3) is 0 Å². The number of ketones is 2. The van der Waals surface area contributed by atoms with Crippen molar-refractivity contribution >= 4 is 17.5 Å². The zero-order valence-corrected chi connectivity index (χ0v) is 22.1. The molecule has 7 nitrogen and oxygen atoms in total. The molecule has 0 aromatic rings. The second-order valence-corrected chi connectivity index (χ2v) is 11.1. The quantitative estimate of drug-likeness (QED) is 0.418. The number of carbonyl (C=O) groups is 3. The highest BCUT2D eigenvalue weighted by Crippen LogP contribution is 2.60. The largest absolute Gasteiger partial charge is 0.484 e. The van der Waals surface area contributed by atoms with Crippen LogP contribution in [0.2, 0.25) is 0 Å². The van der Waals surface area contributed by atoms with Crippen LogP contribution in [-0.2, 0) is 33.3 Å². The van der Waals surface area contributed by atoms with Crippen LogP contribution in [0.15, 0.2) is 59.9 Å². The molecule has 0 unspecified atom stereocenters. The van der Waals surface area contributed by atoms with E-state index in [0.29, 0.717) is 24.2 Å². The summed E-state index contributed by atoms with van der Waals surface area (Å²) in [7, 11) is 1.59. The molecule has 0 aromatic heterocycles. The summed E-state index contributed by atoms with van der Waals surface area (Å²) in [5.74, 6) is -1.70. The molecule has 37 heavy (non-hydrogen) atoms. The van der Waals surface area contributed by atoms with Gasteiger partial charge in [-0.1, -0.05) is 56.9 Å². The maximum absolute atomic E-state index is 14.0. The third kappa shape index (κ3) is 3.98. The normalized spacial score (nSPS) is 43.9. The highest BCUT2D eigenvalue weighted by atomic mass is 16.6. The van der Waals surface area contributed by atoms with Crippen molar-refractivity contribution < 1.29 is 33.3 Å². The minimum atomic E-state index is -0.936. The first kappa shape index (κ1) is 25.9. The van der Waals surface area contributed by atoms with Gasteiger partial charge >= 0.3 is 5.97 Å². The summed E-state index contributed by atoms with van der Waals surface area (Å²) in [6.45, 7) is 11.3. The topological polar surface area (TPSA) is 88.1 Å². The number of hydrogen-bond acceptors (Lipinski definition) is 7. The van der Waals surface area contributed by atoms with Crippen molar-refractivity contribution in [1.82, 2.24) is 0 Å². The molecular formula is C30H36O7. The Morgan fingerprint density at radius 2 is 1.97 bits per heavy atom. The maximum atomic E-state index is 14.0. The number of methoxy groups -OCH3 is 1. The van der Waals surface area contributed by atoms with Crippen molar-refractivity contribution in [3.05, 3.63) is 59.9 Å². The van der Waals surface area contributed by atoms with E-state index < -0.39 is 47.8 Å². The Bertz CT molecular complexity index is 1140. The lowest BCUT2D eigenvalue weighted by atomic mass is 9.58. The van der Waals surface area contributed by atoms with Gasteiger partial charge in [-0.05, 0) is 32.3 Å². The molecular weight excluding hydrogens is 472 g/mol. The van der Waals surface area contributed by atoms with Gasteiger partial charge in [-0.25, -0.2) is 4.79 Å². The zero-order valence-electron chi connectivity index (χ0n) is 22.1. The van der Waals surface area contributed by atoms with Gasteiger partial charge in [-0.2, -0.15) is 0 Å². The predicted octanol–water partition coefficient (Wildman–Crippen LogP) is 4.05. The van der Waals surface area contributed by atoms with Gasteiger partial charge in [-0.3, -0.25) is 9.59 Å². The summed E-state index contributed by atoms with van der Waals surface area (Å²) in [6.07, 6.45) is 10.3. The molecule has 7 heteroatoms. The second-order valence-electron chi connectivity index (χ2n) is 11.1. The van der Waals surface area contributed by atoms with Crippen LogP contribution in [0.4, 0.5) is 0 Å². The van der Waals surface area contributed by atoms with Gasteiger partial charge in [0.05, 0.1) is 11.8 Å². The Morgan fingerprint density at radius 1 is 1.22 bits per heavy atom. The van der Waals surface area contributed by atoms with Gasteiger partial charge in [0, 0.05) is 30.4 Å². The monoisotopic (exact) mass is 508 g/mol. The molecule has 4 bridgehead atoms. The molecule has 0 radical (unpaired) electrons. The van der Waals surface area contributed by atoms with Gasteiger partial charge in [0.1, 0.15) is 35.5 Å².